The molecule has 1 atom stereocenters. The highest BCUT2D eigenvalue weighted by molar-refractivity contribution is 5.91. The summed E-state index contributed by atoms with van der Waals surface area (Å²) in [5.74, 6) is 0. The summed E-state index contributed by atoms with van der Waals surface area (Å²) in [4.78, 5) is 0. The molecule has 1 unspecified atom stereocenters. The van der Waals surface area contributed by atoms with Gasteiger partial charge in [0.2, 0.25) is 0 Å². The summed E-state index contributed by atoms with van der Waals surface area (Å²) in [7, 11) is 0. The van der Waals surface area contributed by atoms with Gasteiger partial charge in [-0.1, -0.05) is 114 Å². The molecule has 0 bridgehead atoms. The van der Waals surface area contributed by atoms with E-state index in [0.717, 1.165) is 0 Å². The Balaban J connectivity index is 1.99. The summed E-state index contributed by atoms with van der Waals surface area (Å²) in [5.41, 5.74) is 12.5. The maximum atomic E-state index is 6.40. The fourth-order valence-corrected chi connectivity index (χ4v) is 5.01. The van der Waals surface area contributed by atoms with E-state index in [0.29, 0.717) is 0 Å². The van der Waals surface area contributed by atoms with E-state index in [1.807, 2.05) is 0 Å². The summed E-state index contributed by atoms with van der Waals surface area (Å²) in [6.45, 7) is 4.59. The first-order chi connectivity index (χ1) is 13.2. The van der Waals surface area contributed by atoms with E-state index in [2.05, 4.69) is 62.4 Å². The van der Waals surface area contributed by atoms with Crippen molar-refractivity contribution in [3.63, 3.8) is 0 Å². The average Bonchev–Trinajstić information content (AvgIpc) is 2.80. The number of rotatable bonds is 10. The fourth-order valence-electron chi connectivity index (χ4n) is 5.01. The summed E-state index contributed by atoms with van der Waals surface area (Å²) in [6.07, 6.45) is 22.0. The molecule has 2 aliphatic rings. The highest BCUT2D eigenvalue weighted by Crippen LogP contribution is 2.55. The van der Waals surface area contributed by atoms with Gasteiger partial charge in [0.1, 0.15) is 0 Å². The normalized spacial score (nSPS) is 19.9. The van der Waals surface area contributed by atoms with Crippen molar-refractivity contribution in [2.24, 2.45) is 5.73 Å². The minimum absolute atomic E-state index is 0.0220. The molecule has 0 spiro atoms. The monoisotopic (exact) mass is 363 g/mol. The molecule has 0 radical (unpaired) electrons. The Morgan fingerprint density at radius 1 is 0.889 bits per heavy atom. The Bertz CT molecular complexity index is 695. The van der Waals surface area contributed by atoms with Crippen LogP contribution < -0.4 is 5.73 Å². The van der Waals surface area contributed by atoms with E-state index in [9.17, 15) is 0 Å². The maximum Gasteiger partial charge on any atom is 0.0419 e. The van der Waals surface area contributed by atoms with Crippen LogP contribution in [0.4, 0.5) is 0 Å². The summed E-state index contributed by atoms with van der Waals surface area (Å²) in [5, 5.41) is 0. The van der Waals surface area contributed by atoms with E-state index in [4.69, 9.17) is 5.73 Å². The summed E-state index contributed by atoms with van der Waals surface area (Å²) < 4.78 is 0. The van der Waals surface area contributed by atoms with Crippen LogP contribution >= 0.6 is 0 Å². The number of unbranched alkanes of at least 4 members (excludes halogenated alkanes) is 6. The molecule has 0 amide bonds. The standard InChI is InChI=1S/C26H37N/c1-3-5-7-11-18-26(19-12-8-6-4-2)24-17-10-9-15-22(24)23-16-13-14-21(27)20-25(23)26/h9-10,13-17,20-21H,3-8,11-12,18-19,27H2,1-2H3. The van der Waals surface area contributed by atoms with Gasteiger partial charge in [-0.15, -0.1) is 0 Å². The lowest BCUT2D eigenvalue weighted by Crippen LogP contribution is -2.27. The second-order valence-electron chi connectivity index (χ2n) is 8.37. The molecule has 1 heteroatoms. The van der Waals surface area contributed by atoms with Gasteiger partial charge in [0.25, 0.3) is 0 Å². The first kappa shape index (κ1) is 20.1. The third-order valence-corrected chi connectivity index (χ3v) is 6.41. The van der Waals surface area contributed by atoms with Gasteiger partial charge in [-0.2, -0.15) is 0 Å². The first-order valence-electron chi connectivity index (χ1n) is 11.2. The van der Waals surface area contributed by atoms with Crippen molar-refractivity contribution in [3.8, 4) is 0 Å². The van der Waals surface area contributed by atoms with Crippen molar-refractivity contribution in [1.82, 2.24) is 0 Å². The van der Waals surface area contributed by atoms with Gasteiger partial charge in [0, 0.05) is 11.5 Å². The minimum atomic E-state index is 0.0220. The molecule has 0 aliphatic heterocycles. The van der Waals surface area contributed by atoms with Crippen molar-refractivity contribution >= 4 is 5.57 Å². The van der Waals surface area contributed by atoms with Gasteiger partial charge in [-0.3, -0.25) is 0 Å². The number of hydrogen-bond donors (Lipinski definition) is 1. The molecular weight excluding hydrogens is 326 g/mol. The Labute approximate surface area is 166 Å². The van der Waals surface area contributed by atoms with Gasteiger partial charge in [0.15, 0.2) is 0 Å². The fraction of sp³-hybridized carbons (Fsp3) is 0.538. The van der Waals surface area contributed by atoms with Crippen LogP contribution in [0.1, 0.15) is 89.2 Å². The molecule has 0 saturated heterocycles. The third-order valence-electron chi connectivity index (χ3n) is 6.41. The number of nitrogens with two attached hydrogens (primary N) is 1. The molecule has 2 N–H and O–H groups in total. The van der Waals surface area contributed by atoms with E-state index in [1.165, 1.54) is 80.9 Å². The van der Waals surface area contributed by atoms with Crippen molar-refractivity contribution < 1.29 is 0 Å². The van der Waals surface area contributed by atoms with Gasteiger partial charge in [-0.25, -0.2) is 0 Å². The SMILES string of the molecule is CCCCCCC1(CCCCCC)C2=CC(N)C=CC=C2c2ccccc21. The van der Waals surface area contributed by atoms with Gasteiger partial charge in [0.05, 0.1) is 0 Å². The Kier molecular flexibility index (Phi) is 7.13. The highest BCUT2D eigenvalue weighted by Gasteiger charge is 2.44. The molecule has 3 rings (SSSR count). The van der Waals surface area contributed by atoms with Crippen molar-refractivity contribution in [2.45, 2.75) is 89.5 Å². The zero-order chi connectivity index (χ0) is 19.1. The molecule has 27 heavy (non-hydrogen) atoms. The number of allylic oxidation sites excluding steroid dienone is 4. The predicted octanol–water partition coefficient (Wildman–Crippen LogP) is 7.09. The average molecular weight is 364 g/mol. The third kappa shape index (κ3) is 4.29. The van der Waals surface area contributed by atoms with Crippen molar-refractivity contribution in [3.05, 3.63) is 65.3 Å². The summed E-state index contributed by atoms with van der Waals surface area (Å²) in [6, 6.07) is 9.15. The van der Waals surface area contributed by atoms with Crippen LogP contribution in [0, 0.1) is 0 Å². The van der Waals surface area contributed by atoms with E-state index >= 15 is 0 Å². The molecule has 1 aromatic carbocycles. The van der Waals surface area contributed by atoms with Crippen LogP contribution in [0.5, 0.6) is 0 Å². The van der Waals surface area contributed by atoms with Crippen molar-refractivity contribution in [2.75, 3.05) is 0 Å². The van der Waals surface area contributed by atoms with E-state index in [-0.39, 0.29) is 11.5 Å². The van der Waals surface area contributed by atoms with Gasteiger partial charge < -0.3 is 5.73 Å². The van der Waals surface area contributed by atoms with Gasteiger partial charge in [-0.05, 0) is 35.1 Å². The Morgan fingerprint density at radius 2 is 1.56 bits per heavy atom. The zero-order valence-electron chi connectivity index (χ0n) is 17.3. The van der Waals surface area contributed by atoms with Crippen molar-refractivity contribution in [1.29, 1.82) is 0 Å². The van der Waals surface area contributed by atoms with Crippen LogP contribution in [-0.4, -0.2) is 6.04 Å². The molecule has 1 nitrogen and oxygen atoms in total. The van der Waals surface area contributed by atoms with Crippen LogP contribution in [0.25, 0.3) is 5.57 Å². The molecule has 0 saturated carbocycles. The maximum absolute atomic E-state index is 6.40. The first-order valence-corrected chi connectivity index (χ1v) is 11.2. The topological polar surface area (TPSA) is 26.0 Å². The lowest BCUT2D eigenvalue weighted by molar-refractivity contribution is 0.400. The quantitative estimate of drug-likeness (QED) is 0.441. The number of hydrogen-bond acceptors (Lipinski definition) is 1. The lowest BCUT2D eigenvalue weighted by atomic mass is 9.70. The number of benzene rings is 1. The molecular formula is C26H37N. The zero-order valence-corrected chi connectivity index (χ0v) is 17.3. The van der Waals surface area contributed by atoms with Crippen LogP contribution in [0.15, 0.2) is 54.1 Å². The lowest BCUT2D eigenvalue weighted by Gasteiger charge is -2.33. The van der Waals surface area contributed by atoms with Crippen LogP contribution in [0.2, 0.25) is 0 Å². The van der Waals surface area contributed by atoms with Crippen LogP contribution in [0.3, 0.4) is 0 Å². The second kappa shape index (κ2) is 9.55. The number of fused-ring (bicyclic) bond motifs is 3. The largest absolute Gasteiger partial charge is 0.321 e. The molecule has 1 aromatic rings. The Morgan fingerprint density at radius 3 is 2.22 bits per heavy atom. The molecule has 2 aliphatic carbocycles. The molecule has 0 heterocycles. The van der Waals surface area contributed by atoms with E-state index in [1.54, 1.807) is 5.56 Å². The van der Waals surface area contributed by atoms with Gasteiger partial charge >= 0.3 is 0 Å². The Hall–Kier alpha value is -1.60. The molecule has 146 valence electrons. The smallest absolute Gasteiger partial charge is 0.0419 e. The second-order valence-corrected chi connectivity index (χ2v) is 8.37. The van der Waals surface area contributed by atoms with E-state index < -0.39 is 0 Å². The molecule has 0 fully saturated rings. The predicted molar refractivity (Wildman–Crippen MR) is 119 cm³/mol. The molecule has 0 aromatic heterocycles. The summed E-state index contributed by atoms with van der Waals surface area (Å²) >= 11 is 0. The minimum Gasteiger partial charge on any atom is -0.321 e. The highest BCUT2D eigenvalue weighted by atomic mass is 14.6. The van der Waals surface area contributed by atoms with Crippen LogP contribution in [-0.2, 0) is 5.41 Å².